The van der Waals surface area contributed by atoms with Gasteiger partial charge in [0.05, 0.1) is 0 Å². The van der Waals surface area contributed by atoms with Crippen LogP contribution in [0.4, 0.5) is 0 Å². The van der Waals surface area contributed by atoms with Gasteiger partial charge in [0.15, 0.2) is 0 Å². The number of nitrogens with two attached hydrogens (primary N) is 1. The van der Waals surface area contributed by atoms with Gasteiger partial charge in [0.2, 0.25) is 0 Å². The summed E-state index contributed by atoms with van der Waals surface area (Å²) in [6.45, 7) is 13.0. The first kappa shape index (κ1) is 12.9. The van der Waals surface area contributed by atoms with E-state index in [1.807, 2.05) is 0 Å². The van der Waals surface area contributed by atoms with Gasteiger partial charge >= 0.3 is 0 Å². The zero-order valence-electron chi connectivity index (χ0n) is 9.65. The molecular weight excluding hydrogens is 162 g/mol. The maximum absolute atomic E-state index is 5.32. The Morgan fingerprint density at radius 2 is 1.77 bits per heavy atom. The maximum atomic E-state index is 5.32. The van der Waals surface area contributed by atoms with Crippen molar-refractivity contribution >= 4 is 0 Å². The van der Waals surface area contributed by atoms with Crippen LogP contribution < -0.4 is 16.6 Å². The van der Waals surface area contributed by atoms with E-state index in [4.69, 9.17) is 5.84 Å². The van der Waals surface area contributed by atoms with E-state index in [9.17, 15) is 0 Å². The topological polar surface area (TPSA) is 50.1 Å². The van der Waals surface area contributed by atoms with Gasteiger partial charge in [-0.05, 0) is 11.3 Å². The van der Waals surface area contributed by atoms with Crippen molar-refractivity contribution in [3.8, 4) is 0 Å². The van der Waals surface area contributed by atoms with Crippen molar-refractivity contribution in [2.24, 2.45) is 17.2 Å². The second kappa shape index (κ2) is 5.58. The van der Waals surface area contributed by atoms with Gasteiger partial charge in [0.25, 0.3) is 0 Å². The molecule has 0 saturated heterocycles. The molecule has 0 rings (SSSR count). The summed E-state index contributed by atoms with van der Waals surface area (Å²) < 4.78 is 0. The van der Waals surface area contributed by atoms with Crippen molar-refractivity contribution in [1.82, 2.24) is 10.7 Å². The first-order valence-corrected chi connectivity index (χ1v) is 5.03. The third-order valence-corrected chi connectivity index (χ3v) is 2.04. The average molecular weight is 187 g/mol. The smallest absolute Gasteiger partial charge is 0.0254 e. The lowest BCUT2D eigenvalue weighted by Crippen LogP contribution is -2.46. The molecule has 0 aromatic heterocycles. The van der Waals surface area contributed by atoms with Crippen LogP contribution in [0, 0.1) is 11.3 Å². The molecule has 0 bridgehead atoms. The van der Waals surface area contributed by atoms with Crippen molar-refractivity contribution in [2.75, 3.05) is 13.1 Å². The fourth-order valence-electron chi connectivity index (χ4n) is 1.11. The van der Waals surface area contributed by atoms with Gasteiger partial charge in [-0.2, -0.15) is 0 Å². The lowest BCUT2D eigenvalue weighted by Gasteiger charge is -2.27. The summed E-state index contributed by atoms with van der Waals surface area (Å²) in [5, 5.41) is 3.52. The molecule has 0 aromatic carbocycles. The molecule has 0 aliphatic heterocycles. The van der Waals surface area contributed by atoms with Crippen LogP contribution in [0.1, 0.15) is 34.6 Å². The molecule has 4 N–H and O–H groups in total. The summed E-state index contributed by atoms with van der Waals surface area (Å²) in [6, 6.07) is 0.462. The SMILES string of the molecule is CC(C)C(CNN)NCC(C)(C)C. The molecule has 80 valence electrons. The highest BCUT2D eigenvalue weighted by Crippen LogP contribution is 2.12. The summed E-state index contributed by atoms with van der Waals surface area (Å²) in [7, 11) is 0. The largest absolute Gasteiger partial charge is 0.312 e. The molecule has 1 atom stereocenters. The van der Waals surface area contributed by atoms with Crippen LogP contribution >= 0.6 is 0 Å². The van der Waals surface area contributed by atoms with Gasteiger partial charge in [0.1, 0.15) is 0 Å². The minimum Gasteiger partial charge on any atom is -0.312 e. The van der Waals surface area contributed by atoms with Crippen LogP contribution in [0.2, 0.25) is 0 Å². The molecule has 1 unspecified atom stereocenters. The van der Waals surface area contributed by atoms with Crippen LogP contribution in [0.15, 0.2) is 0 Å². The standard InChI is InChI=1S/C10H25N3/c1-8(2)9(6-13-11)12-7-10(3,4)5/h8-9,12-13H,6-7,11H2,1-5H3. The van der Waals surface area contributed by atoms with E-state index in [1.165, 1.54) is 0 Å². The Morgan fingerprint density at radius 3 is 2.08 bits per heavy atom. The molecule has 3 heteroatoms. The number of hydrogen-bond donors (Lipinski definition) is 3. The van der Waals surface area contributed by atoms with Crippen LogP contribution in [0.25, 0.3) is 0 Å². The minimum absolute atomic E-state index is 0.335. The highest BCUT2D eigenvalue weighted by atomic mass is 15.2. The lowest BCUT2D eigenvalue weighted by atomic mass is 9.95. The second-order valence-electron chi connectivity index (χ2n) is 5.20. The van der Waals surface area contributed by atoms with Gasteiger partial charge < -0.3 is 5.32 Å². The van der Waals surface area contributed by atoms with Crippen molar-refractivity contribution in [3.05, 3.63) is 0 Å². The van der Waals surface area contributed by atoms with Crippen LogP contribution in [0.5, 0.6) is 0 Å². The molecule has 0 spiro atoms. The van der Waals surface area contributed by atoms with E-state index < -0.39 is 0 Å². The third kappa shape index (κ3) is 6.99. The predicted octanol–water partition coefficient (Wildman–Crippen LogP) is 1.11. The fourth-order valence-corrected chi connectivity index (χ4v) is 1.11. The summed E-state index contributed by atoms with van der Waals surface area (Å²) in [5.41, 5.74) is 3.06. The number of rotatable bonds is 5. The van der Waals surface area contributed by atoms with Crippen molar-refractivity contribution in [2.45, 2.75) is 40.7 Å². The molecule has 0 saturated carbocycles. The molecular formula is C10H25N3. The Morgan fingerprint density at radius 1 is 1.23 bits per heavy atom. The fraction of sp³-hybridized carbons (Fsp3) is 1.00. The summed E-state index contributed by atoms with van der Waals surface area (Å²) in [6.07, 6.45) is 0. The van der Waals surface area contributed by atoms with Gasteiger partial charge in [0, 0.05) is 19.1 Å². The van der Waals surface area contributed by atoms with Gasteiger partial charge in [-0.25, -0.2) is 0 Å². The first-order valence-electron chi connectivity index (χ1n) is 5.03. The molecule has 0 fully saturated rings. The number of hydrazine groups is 1. The number of hydrogen-bond acceptors (Lipinski definition) is 3. The minimum atomic E-state index is 0.335. The third-order valence-electron chi connectivity index (χ3n) is 2.04. The Bertz CT molecular complexity index is 127. The van der Waals surface area contributed by atoms with E-state index in [0.29, 0.717) is 17.4 Å². The predicted molar refractivity (Wildman–Crippen MR) is 58.3 cm³/mol. The van der Waals surface area contributed by atoms with Crippen LogP contribution in [-0.4, -0.2) is 19.1 Å². The van der Waals surface area contributed by atoms with Crippen molar-refractivity contribution in [3.63, 3.8) is 0 Å². The summed E-state index contributed by atoms with van der Waals surface area (Å²) in [4.78, 5) is 0. The van der Waals surface area contributed by atoms with E-state index in [2.05, 4.69) is 45.4 Å². The van der Waals surface area contributed by atoms with Crippen molar-refractivity contribution in [1.29, 1.82) is 0 Å². The molecule has 0 radical (unpaired) electrons. The quantitative estimate of drug-likeness (QED) is 0.446. The van der Waals surface area contributed by atoms with E-state index in [0.717, 1.165) is 13.1 Å². The van der Waals surface area contributed by atoms with Crippen LogP contribution in [-0.2, 0) is 0 Å². The van der Waals surface area contributed by atoms with E-state index in [-0.39, 0.29) is 0 Å². The monoisotopic (exact) mass is 187 g/mol. The highest BCUT2D eigenvalue weighted by Gasteiger charge is 2.16. The molecule has 3 nitrogen and oxygen atoms in total. The molecule has 0 amide bonds. The lowest BCUT2D eigenvalue weighted by molar-refractivity contribution is 0.308. The Kier molecular flexibility index (Phi) is 5.53. The first-order chi connectivity index (χ1) is 5.87. The Labute approximate surface area is 82.4 Å². The summed E-state index contributed by atoms with van der Waals surface area (Å²) in [5.74, 6) is 5.93. The zero-order chi connectivity index (χ0) is 10.5. The highest BCUT2D eigenvalue weighted by molar-refractivity contribution is 4.75. The molecule has 0 aliphatic carbocycles. The molecule has 13 heavy (non-hydrogen) atoms. The zero-order valence-corrected chi connectivity index (χ0v) is 9.65. The normalized spacial score (nSPS) is 15.0. The van der Waals surface area contributed by atoms with E-state index in [1.54, 1.807) is 0 Å². The molecule has 0 aliphatic rings. The number of nitrogens with one attached hydrogen (secondary N) is 2. The summed E-state index contributed by atoms with van der Waals surface area (Å²) >= 11 is 0. The van der Waals surface area contributed by atoms with Gasteiger partial charge in [-0.1, -0.05) is 34.6 Å². The molecule has 0 heterocycles. The average Bonchev–Trinajstić information content (AvgIpc) is 1.95. The van der Waals surface area contributed by atoms with Gasteiger partial charge in [-0.3, -0.25) is 11.3 Å². The van der Waals surface area contributed by atoms with Gasteiger partial charge in [-0.15, -0.1) is 0 Å². The van der Waals surface area contributed by atoms with E-state index >= 15 is 0 Å². The van der Waals surface area contributed by atoms with Crippen molar-refractivity contribution < 1.29 is 0 Å². The second-order valence-corrected chi connectivity index (χ2v) is 5.20. The maximum Gasteiger partial charge on any atom is 0.0254 e. The van der Waals surface area contributed by atoms with Crippen LogP contribution in [0.3, 0.4) is 0 Å². The Hall–Kier alpha value is -0.120. The Balaban J connectivity index is 3.82. The molecule has 0 aromatic rings.